The first-order valence-corrected chi connectivity index (χ1v) is 4.55. The average molecular weight is 189 g/mol. The molecule has 0 spiro atoms. The van der Waals surface area contributed by atoms with Gasteiger partial charge < -0.3 is 15.2 Å². The first-order valence-electron chi connectivity index (χ1n) is 4.55. The summed E-state index contributed by atoms with van der Waals surface area (Å²) in [4.78, 5) is 10.5. The Balaban J connectivity index is 3.44. The number of rotatable bonds is 7. The Labute approximate surface area is 79.3 Å². The lowest BCUT2D eigenvalue weighted by Gasteiger charge is -2.12. The van der Waals surface area contributed by atoms with E-state index in [4.69, 9.17) is 9.84 Å². The summed E-state index contributed by atoms with van der Waals surface area (Å²) in [7, 11) is 1.62. The molecule has 0 saturated heterocycles. The van der Waals surface area contributed by atoms with E-state index in [1.165, 1.54) is 0 Å². The fraction of sp³-hybridized carbons (Fsp3) is 0.889. The first kappa shape index (κ1) is 12.4. The first-order chi connectivity index (χ1) is 6.07. The summed E-state index contributed by atoms with van der Waals surface area (Å²) in [5, 5.41) is 11.3. The summed E-state index contributed by atoms with van der Waals surface area (Å²) in [5.41, 5.74) is 0. The van der Waals surface area contributed by atoms with Gasteiger partial charge in [0.25, 0.3) is 0 Å². The van der Waals surface area contributed by atoms with Gasteiger partial charge >= 0.3 is 5.97 Å². The van der Waals surface area contributed by atoms with Gasteiger partial charge in [-0.15, -0.1) is 0 Å². The molecule has 0 aromatic rings. The van der Waals surface area contributed by atoms with E-state index in [0.717, 1.165) is 6.42 Å². The minimum Gasteiger partial charge on any atom is -0.480 e. The largest absolute Gasteiger partial charge is 0.480 e. The molecule has 0 saturated carbocycles. The number of carbonyl (C=O) groups is 1. The Morgan fingerprint density at radius 3 is 2.54 bits per heavy atom. The van der Waals surface area contributed by atoms with Crippen LogP contribution in [0.4, 0.5) is 0 Å². The number of hydrogen-bond acceptors (Lipinski definition) is 3. The van der Waals surface area contributed by atoms with Gasteiger partial charge in [-0.25, -0.2) is 0 Å². The second-order valence-electron chi connectivity index (χ2n) is 3.44. The van der Waals surface area contributed by atoms with Crippen molar-refractivity contribution < 1.29 is 14.6 Å². The van der Waals surface area contributed by atoms with Crippen molar-refractivity contribution in [2.45, 2.75) is 26.3 Å². The van der Waals surface area contributed by atoms with E-state index in [0.29, 0.717) is 12.5 Å². The molecule has 13 heavy (non-hydrogen) atoms. The van der Waals surface area contributed by atoms with Gasteiger partial charge in [0.05, 0.1) is 6.61 Å². The van der Waals surface area contributed by atoms with Crippen molar-refractivity contribution in [3.8, 4) is 0 Å². The molecule has 0 rings (SSSR count). The van der Waals surface area contributed by atoms with Crippen LogP contribution < -0.4 is 5.32 Å². The van der Waals surface area contributed by atoms with Crippen molar-refractivity contribution in [2.75, 3.05) is 20.3 Å². The summed E-state index contributed by atoms with van der Waals surface area (Å²) in [5.74, 6) is -0.273. The maximum atomic E-state index is 10.5. The fourth-order valence-corrected chi connectivity index (χ4v) is 0.798. The van der Waals surface area contributed by atoms with E-state index in [9.17, 15) is 4.79 Å². The molecule has 4 nitrogen and oxygen atoms in total. The monoisotopic (exact) mass is 189 g/mol. The summed E-state index contributed by atoms with van der Waals surface area (Å²) >= 11 is 0. The van der Waals surface area contributed by atoms with E-state index in [-0.39, 0.29) is 6.61 Å². The Hall–Kier alpha value is -0.610. The molecule has 0 aromatic carbocycles. The lowest BCUT2D eigenvalue weighted by atomic mass is 10.1. The van der Waals surface area contributed by atoms with Gasteiger partial charge in [-0.05, 0) is 19.4 Å². The molecular weight excluding hydrogens is 170 g/mol. The minimum atomic E-state index is -0.868. The maximum absolute atomic E-state index is 10.5. The zero-order valence-corrected chi connectivity index (χ0v) is 8.54. The van der Waals surface area contributed by atoms with Crippen molar-refractivity contribution in [1.82, 2.24) is 5.32 Å². The van der Waals surface area contributed by atoms with Gasteiger partial charge in [-0.1, -0.05) is 13.8 Å². The maximum Gasteiger partial charge on any atom is 0.323 e. The molecule has 78 valence electrons. The Bertz CT molecular complexity index is 148. The molecule has 0 aromatic heterocycles. The van der Waals surface area contributed by atoms with E-state index >= 15 is 0 Å². The van der Waals surface area contributed by atoms with Crippen LogP contribution in [-0.2, 0) is 9.53 Å². The van der Waals surface area contributed by atoms with Crippen LogP contribution in [-0.4, -0.2) is 37.4 Å². The van der Waals surface area contributed by atoms with Crippen LogP contribution in [0.3, 0.4) is 0 Å². The normalized spacial score (nSPS) is 13.2. The lowest BCUT2D eigenvalue weighted by molar-refractivity contribution is -0.141. The Morgan fingerprint density at radius 2 is 2.15 bits per heavy atom. The quantitative estimate of drug-likeness (QED) is 0.579. The molecule has 0 fully saturated rings. The molecule has 0 aliphatic carbocycles. The summed E-state index contributed by atoms with van der Waals surface area (Å²) in [6.45, 7) is 5.08. The topological polar surface area (TPSA) is 58.6 Å². The fourth-order valence-electron chi connectivity index (χ4n) is 0.798. The Kier molecular flexibility index (Phi) is 6.54. The number of nitrogens with one attached hydrogen (secondary N) is 1. The highest BCUT2D eigenvalue weighted by atomic mass is 16.5. The van der Waals surface area contributed by atoms with Gasteiger partial charge in [-0.3, -0.25) is 4.79 Å². The van der Waals surface area contributed by atoms with Gasteiger partial charge in [0.2, 0.25) is 0 Å². The van der Waals surface area contributed by atoms with E-state index in [2.05, 4.69) is 19.2 Å². The summed E-state index contributed by atoms with van der Waals surface area (Å²) < 4.78 is 5.22. The molecule has 0 amide bonds. The predicted octanol–water partition coefficient (Wildman–Crippen LogP) is 0.722. The highest BCUT2D eigenvalue weighted by Gasteiger charge is 2.14. The lowest BCUT2D eigenvalue weighted by Crippen LogP contribution is -2.38. The molecule has 0 aliphatic rings. The molecule has 0 radical (unpaired) electrons. The summed E-state index contributed by atoms with van der Waals surface area (Å²) in [6, 6.07) is -0.591. The minimum absolute atomic E-state index is 0.235. The second-order valence-corrected chi connectivity index (χ2v) is 3.44. The number of likely N-dealkylation sites (N-methyl/N-ethyl adjacent to an activating group) is 1. The molecule has 1 atom stereocenters. The molecule has 0 bridgehead atoms. The number of carboxylic acid groups (broad SMARTS) is 1. The van der Waals surface area contributed by atoms with E-state index in [1.807, 2.05) is 0 Å². The highest BCUT2D eigenvalue weighted by molar-refractivity contribution is 5.73. The van der Waals surface area contributed by atoms with Crippen LogP contribution in [0.15, 0.2) is 0 Å². The van der Waals surface area contributed by atoms with Crippen LogP contribution in [0.1, 0.15) is 20.3 Å². The van der Waals surface area contributed by atoms with Gasteiger partial charge in [0.15, 0.2) is 0 Å². The smallest absolute Gasteiger partial charge is 0.323 e. The van der Waals surface area contributed by atoms with Crippen LogP contribution in [0.25, 0.3) is 0 Å². The molecule has 0 heterocycles. The number of hydrogen-bond donors (Lipinski definition) is 2. The van der Waals surface area contributed by atoms with Crippen molar-refractivity contribution >= 4 is 5.97 Å². The van der Waals surface area contributed by atoms with Crippen LogP contribution >= 0.6 is 0 Å². The van der Waals surface area contributed by atoms with Crippen molar-refractivity contribution in [2.24, 2.45) is 5.92 Å². The number of aliphatic carboxylic acids is 1. The molecule has 4 heteroatoms. The van der Waals surface area contributed by atoms with Gasteiger partial charge in [-0.2, -0.15) is 0 Å². The third-order valence-electron chi connectivity index (χ3n) is 1.77. The van der Waals surface area contributed by atoms with Crippen molar-refractivity contribution in [1.29, 1.82) is 0 Å². The highest BCUT2D eigenvalue weighted by Crippen LogP contribution is 1.99. The van der Waals surface area contributed by atoms with Gasteiger partial charge in [0.1, 0.15) is 6.04 Å². The third kappa shape index (κ3) is 6.54. The molecular formula is C9H19NO3. The summed E-state index contributed by atoms with van der Waals surface area (Å²) in [6.07, 6.45) is 0.968. The van der Waals surface area contributed by atoms with E-state index in [1.54, 1.807) is 7.05 Å². The van der Waals surface area contributed by atoms with E-state index < -0.39 is 12.0 Å². The Morgan fingerprint density at radius 1 is 1.54 bits per heavy atom. The zero-order valence-electron chi connectivity index (χ0n) is 8.54. The van der Waals surface area contributed by atoms with Crippen molar-refractivity contribution in [3.63, 3.8) is 0 Å². The van der Waals surface area contributed by atoms with Crippen LogP contribution in [0.2, 0.25) is 0 Å². The predicted molar refractivity (Wildman–Crippen MR) is 50.8 cm³/mol. The molecule has 2 N–H and O–H groups in total. The molecule has 1 unspecified atom stereocenters. The third-order valence-corrected chi connectivity index (χ3v) is 1.77. The second kappa shape index (κ2) is 6.86. The zero-order chi connectivity index (χ0) is 10.3. The molecule has 0 aliphatic heterocycles. The number of carboxylic acids is 1. The standard InChI is InChI=1S/C9H19NO3/c1-7(2)4-5-13-6-8(10-3)9(11)12/h7-8,10H,4-6H2,1-3H3,(H,11,12). The van der Waals surface area contributed by atoms with Crippen molar-refractivity contribution in [3.05, 3.63) is 0 Å². The van der Waals surface area contributed by atoms with Gasteiger partial charge in [0, 0.05) is 6.61 Å². The SMILES string of the molecule is CNC(COCCC(C)C)C(=O)O. The van der Waals surface area contributed by atoms with Crippen LogP contribution in [0, 0.1) is 5.92 Å². The number of ether oxygens (including phenoxy) is 1. The van der Waals surface area contributed by atoms with Crippen LogP contribution in [0.5, 0.6) is 0 Å². The average Bonchev–Trinajstić information content (AvgIpc) is 2.03.